The molecule has 6 heteroatoms. The molecule has 0 spiro atoms. The number of nitrogens with one attached hydrogen (secondary N) is 1. The molecule has 2 aromatic carbocycles. The molecular weight excluding hydrogens is 334 g/mol. The molecule has 1 amide bonds. The van der Waals surface area contributed by atoms with E-state index in [1.165, 1.54) is 0 Å². The molecule has 0 fully saturated rings. The van der Waals surface area contributed by atoms with Gasteiger partial charge in [-0.15, -0.1) is 0 Å². The van der Waals surface area contributed by atoms with Gasteiger partial charge >= 0.3 is 0 Å². The zero-order valence-corrected chi connectivity index (χ0v) is 12.9. The minimum atomic E-state index is -0.226. The van der Waals surface area contributed by atoms with Crippen molar-refractivity contribution in [3.63, 3.8) is 0 Å². The molecule has 0 unspecified atom stereocenters. The van der Waals surface area contributed by atoms with Crippen LogP contribution in [0.25, 0.3) is 0 Å². The van der Waals surface area contributed by atoms with Gasteiger partial charge in [-0.25, -0.2) is 0 Å². The molecule has 0 aliphatic heterocycles. The highest BCUT2D eigenvalue weighted by Crippen LogP contribution is 2.19. The van der Waals surface area contributed by atoms with E-state index in [4.69, 9.17) is 10.9 Å². The number of benzene rings is 2. The summed E-state index contributed by atoms with van der Waals surface area (Å²) in [6.45, 7) is 1.87. The van der Waals surface area contributed by atoms with Crippen molar-refractivity contribution in [2.45, 2.75) is 6.92 Å². The van der Waals surface area contributed by atoms with Crippen molar-refractivity contribution in [1.82, 2.24) is 0 Å². The zero-order chi connectivity index (χ0) is 15.4. The van der Waals surface area contributed by atoms with Gasteiger partial charge < -0.3 is 16.3 Å². The largest absolute Gasteiger partial charge is 0.409 e. The molecule has 0 radical (unpaired) electrons. The maximum atomic E-state index is 12.2. The lowest BCUT2D eigenvalue weighted by atomic mass is 10.1. The summed E-state index contributed by atoms with van der Waals surface area (Å²) in [5, 5.41) is 14.5. The molecule has 2 aromatic rings. The third-order valence-corrected chi connectivity index (χ3v) is 3.47. The fourth-order valence-electron chi connectivity index (χ4n) is 1.80. The Morgan fingerprint density at radius 2 is 2.00 bits per heavy atom. The number of halogens is 1. The van der Waals surface area contributed by atoms with E-state index in [2.05, 4.69) is 26.4 Å². The molecule has 0 saturated carbocycles. The number of nitrogens with zero attached hydrogens (tertiary/aromatic N) is 1. The first-order valence-corrected chi connectivity index (χ1v) is 6.96. The van der Waals surface area contributed by atoms with Crippen LogP contribution in [0.5, 0.6) is 0 Å². The van der Waals surface area contributed by atoms with E-state index in [9.17, 15) is 4.79 Å². The first-order valence-electron chi connectivity index (χ1n) is 6.16. The van der Waals surface area contributed by atoms with Crippen LogP contribution in [-0.4, -0.2) is 17.0 Å². The highest BCUT2D eigenvalue weighted by molar-refractivity contribution is 9.10. The number of anilines is 1. The second-order valence-corrected chi connectivity index (χ2v) is 5.40. The van der Waals surface area contributed by atoms with E-state index in [1.807, 2.05) is 13.0 Å². The van der Waals surface area contributed by atoms with Gasteiger partial charge in [-0.2, -0.15) is 0 Å². The van der Waals surface area contributed by atoms with Gasteiger partial charge in [0.25, 0.3) is 5.91 Å². The molecule has 2 rings (SSSR count). The molecule has 0 aliphatic rings. The van der Waals surface area contributed by atoms with Crippen LogP contribution >= 0.6 is 15.9 Å². The van der Waals surface area contributed by atoms with Gasteiger partial charge in [0.15, 0.2) is 5.84 Å². The van der Waals surface area contributed by atoms with E-state index < -0.39 is 0 Å². The Bertz CT molecular complexity index is 714. The molecule has 0 bridgehead atoms. The van der Waals surface area contributed by atoms with Crippen LogP contribution in [0.2, 0.25) is 0 Å². The van der Waals surface area contributed by atoms with Crippen LogP contribution in [0.15, 0.2) is 52.1 Å². The predicted octanol–water partition coefficient (Wildman–Crippen LogP) is 3.10. The molecule has 4 N–H and O–H groups in total. The Hall–Kier alpha value is -2.34. The van der Waals surface area contributed by atoms with E-state index in [1.54, 1.807) is 36.4 Å². The number of hydrogen-bond donors (Lipinski definition) is 3. The molecule has 0 aliphatic carbocycles. The van der Waals surface area contributed by atoms with Crippen LogP contribution in [0.1, 0.15) is 21.5 Å². The molecule has 5 nitrogen and oxygen atoms in total. The number of amidine groups is 1. The lowest BCUT2D eigenvalue weighted by Crippen LogP contribution is -2.16. The Morgan fingerprint density at radius 3 is 2.67 bits per heavy atom. The maximum Gasteiger partial charge on any atom is 0.255 e. The SMILES string of the molecule is Cc1ccc(C(N)=NO)cc1NC(=O)c1cccc(Br)c1. The summed E-state index contributed by atoms with van der Waals surface area (Å²) in [6.07, 6.45) is 0. The summed E-state index contributed by atoms with van der Waals surface area (Å²) >= 11 is 3.33. The third kappa shape index (κ3) is 3.61. The van der Waals surface area contributed by atoms with Crippen molar-refractivity contribution in [3.8, 4) is 0 Å². The fraction of sp³-hybridized carbons (Fsp3) is 0.0667. The summed E-state index contributed by atoms with van der Waals surface area (Å²) in [5.41, 5.74) is 8.13. The first kappa shape index (κ1) is 15.1. The van der Waals surface area contributed by atoms with E-state index in [-0.39, 0.29) is 11.7 Å². The Labute approximate surface area is 130 Å². The first-order chi connectivity index (χ1) is 10.0. The topological polar surface area (TPSA) is 87.7 Å². The van der Waals surface area contributed by atoms with Crippen molar-refractivity contribution in [3.05, 3.63) is 63.6 Å². The summed E-state index contributed by atoms with van der Waals surface area (Å²) in [6, 6.07) is 12.3. The third-order valence-electron chi connectivity index (χ3n) is 2.98. The quantitative estimate of drug-likeness (QED) is 0.345. The summed E-state index contributed by atoms with van der Waals surface area (Å²) < 4.78 is 0.831. The highest BCUT2D eigenvalue weighted by Gasteiger charge is 2.10. The normalized spacial score (nSPS) is 11.2. The molecule has 0 heterocycles. The Kier molecular flexibility index (Phi) is 4.59. The predicted molar refractivity (Wildman–Crippen MR) is 85.8 cm³/mol. The Morgan fingerprint density at radius 1 is 1.24 bits per heavy atom. The number of carbonyl (C=O) groups excluding carboxylic acids is 1. The lowest BCUT2D eigenvalue weighted by Gasteiger charge is -2.10. The van der Waals surface area contributed by atoms with Gasteiger partial charge in [0.05, 0.1) is 0 Å². The van der Waals surface area contributed by atoms with Gasteiger partial charge in [-0.1, -0.05) is 39.3 Å². The minimum Gasteiger partial charge on any atom is -0.409 e. The minimum absolute atomic E-state index is 0.00652. The number of oxime groups is 1. The van der Waals surface area contributed by atoms with Crippen molar-refractivity contribution in [1.29, 1.82) is 0 Å². The standard InChI is InChI=1S/C15H14BrN3O2/c1-9-5-6-10(14(17)19-21)8-13(9)18-15(20)11-3-2-4-12(16)7-11/h2-8,21H,1H3,(H2,17,19)(H,18,20). The molecule has 21 heavy (non-hydrogen) atoms. The average Bonchev–Trinajstić information content (AvgIpc) is 2.48. The summed E-state index contributed by atoms with van der Waals surface area (Å²) in [5.74, 6) is -0.232. The fourth-order valence-corrected chi connectivity index (χ4v) is 2.20. The van der Waals surface area contributed by atoms with E-state index in [0.29, 0.717) is 16.8 Å². The number of hydrogen-bond acceptors (Lipinski definition) is 3. The number of carbonyl (C=O) groups is 1. The van der Waals surface area contributed by atoms with Crippen molar-refractivity contribution in [2.75, 3.05) is 5.32 Å². The summed E-state index contributed by atoms with van der Waals surface area (Å²) in [4.78, 5) is 12.2. The monoisotopic (exact) mass is 347 g/mol. The van der Waals surface area contributed by atoms with Crippen LogP contribution in [0.3, 0.4) is 0 Å². The number of amides is 1. The van der Waals surface area contributed by atoms with Gasteiger partial charge in [0, 0.05) is 21.3 Å². The number of nitrogens with two attached hydrogens (primary N) is 1. The van der Waals surface area contributed by atoms with Gasteiger partial charge in [-0.05, 0) is 36.8 Å². The van der Waals surface area contributed by atoms with E-state index >= 15 is 0 Å². The van der Waals surface area contributed by atoms with Gasteiger partial charge in [-0.3, -0.25) is 4.79 Å². The molecule has 0 saturated heterocycles. The molecular formula is C15H14BrN3O2. The van der Waals surface area contributed by atoms with Crippen molar-refractivity contribution < 1.29 is 10.0 Å². The second kappa shape index (κ2) is 6.41. The Balaban J connectivity index is 2.29. The molecule has 108 valence electrons. The van der Waals surface area contributed by atoms with Crippen LogP contribution < -0.4 is 11.1 Å². The van der Waals surface area contributed by atoms with Gasteiger partial charge in [0.2, 0.25) is 0 Å². The van der Waals surface area contributed by atoms with Crippen LogP contribution in [0, 0.1) is 6.92 Å². The average molecular weight is 348 g/mol. The lowest BCUT2D eigenvalue weighted by molar-refractivity contribution is 0.102. The van der Waals surface area contributed by atoms with Crippen molar-refractivity contribution in [2.24, 2.45) is 10.9 Å². The second-order valence-electron chi connectivity index (χ2n) is 4.48. The number of aryl methyl sites for hydroxylation is 1. The zero-order valence-electron chi connectivity index (χ0n) is 11.3. The molecule has 0 aromatic heterocycles. The maximum absolute atomic E-state index is 12.2. The van der Waals surface area contributed by atoms with Crippen LogP contribution in [-0.2, 0) is 0 Å². The number of rotatable bonds is 3. The summed E-state index contributed by atoms with van der Waals surface area (Å²) in [7, 11) is 0. The van der Waals surface area contributed by atoms with E-state index in [0.717, 1.165) is 10.0 Å². The van der Waals surface area contributed by atoms with Crippen LogP contribution in [0.4, 0.5) is 5.69 Å². The smallest absolute Gasteiger partial charge is 0.255 e. The highest BCUT2D eigenvalue weighted by atomic mass is 79.9. The van der Waals surface area contributed by atoms with Gasteiger partial charge in [0.1, 0.15) is 0 Å². The van der Waals surface area contributed by atoms with Crippen molar-refractivity contribution >= 4 is 33.4 Å². The molecule has 0 atom stereocenters.